The Bertz CT molecular complexity index is 1320. The number of nitrogens with zero attached hydrogens (tertiary/aromatic N) is 2. The number of likely N-dealkylation sites (tertiary alicyclic amines) is 1. The van der Waals surface area contributed by atoms with Crippen LogP contribution < -0.4 is 10.1 Å². The van der Waals surface area contributed by atoms with Crippen LogP contribution in [-0.4, -0.2) is 53.0 Å². The number of carbonyl (C=O) groups excluding carboxylic acids is 2. The van der Waals surface area contributed by atoms with Crippen LogP contribution in [0.15, 0.2) is 71.2 Å². The van der Waals surface area contributed by atoms with Crippen LogP contribution in [0.2, 0.25) is 0 Å². The first-order valence-electron chi connectivity index (χ1n) is 14.8. The smallest absolute Gasteiger partial charge is 0.251 e. The second-order valence-electron chi connectivity index (χ2n) is 11.0. The summed E-state index contributed by atoms with van der Waals surface area (Å²) in [4.78, 5) is 30.9. The summed E-state index contributed by atoms with van der Waals surface area (Å²) in [6, 6.07) is 21.2. The summed E-state index contributed by atoms with van der Waals surface area (Å²) < 4.78 is 6.17. The van der Waals surface area contributed by atoms with Gasteiger partial charge in [0.15, 0.2) is 11.5 Å². The van der Waals surface area contributed by atoms with E-state index in [1.807, 2.05) is 54.6 Å². The zero-order valence-electron chi connectivity index (χ0n) is 24.8. The molecule has 0 unspecified atom stereocenters. The number of piperidine rings is 1. The molecule has 0 spiro atoms. The molecule has 0 atom stereocenters. The molecule has 1 aliphatic rings. The van der Waals surface area contributed by atoms with Gasteiger partial charge in [-0.1, -0.05) is 60.1 Å². The van der Waals surface area contributed by atoms with Gasteiger partial charge in [-0.15, -0.1) is 0 Å². The van der Waals surface area contributed by atoms with Crippen LogP contribution in [0.25, 0.3) is 0 Å². The molecule has 2 amide bonds. The van der Waals surface area contributed by atoms with Crippen molar-refractivity contribution in [2.45, 2.75) is 65.2 Å². The molecule has 0 radical (unpaired) electrons. The molecule has 4 rings (SSSR count). The van der Waals surface area contributed by atoms with Crippen LogP contribution in [0.4, 0.5) is 0 Å². The minimum absolute atomic E-state index is 0.00830. The third kappa shape index (κ3) is 8.35. The van der Waals surface area contributed by atoms with Gasteiger partial charge < -0.3 is 20.1 Å². The SMILES string of the molecule is CCC(CC)C(=O)N(Cc1ccc(C(=O)NCc2ccc(Br)cc2)cc1)C1CCN(Cc2ccc(OC)c(O)c2)CC1. The predicted octanol–water partition coefficient (Wildman–Crippen LogP) is 6.52. The molecule has 224 valence electrons. The van der Waals surface area contributed by atoms with Gasteiger partial charge in [0, 0.05) is 54.7 Å². The summed E-state index contributed by atoms with van der Waals surface area (Å²) in [5, 5.41) is 13.1. The first-order chi connectivity index (χ1) is 20.3. The van der Waals surface area contributed by atoms with E-state index in [9.17, 15) is 14.7 Å². The van der Waals surface area contributed by atoms with Crippen molar-refractivity contribution in [1.82, 2.24) is 15.1 Å². The highest BCUT2D eigenvalue weighted by atomic mass is 79.9. The normalized spacial score (nSPS) is 14.1. The zero-order chi connectivity index (χ0) is 30.1. The lowest BCUT2D eigenvalue weighted by Gasteiger charge is -2.40. The van der Waals surface area contributed by atoms with Crippen molar-refractivity contribution in [1.29, 1.82) is 0 Å². The average Bonchev–Trinajstić information content (AvgIpc) is 3.01. The minimum Gasteiger partial charge on any atom is -0.504 e. The Labute approximate surface area is 258 Å². The molecule has 1 fully saturated rings. The van der Waals surface area contributed by atoms with E-state index in [4.69, 9.17) is 4.74 Å². The Balaban J connectivity index is 1.38. The Morgan fingerprint density at radius 1 is 0.976 bits per heavy atom. The number of nitrogens with one attached hydrogen (secondary N) is 1. The standard InChI is InChI=1S/C34H42BrN3O4/c1-4-27(5-2)34(41)38(30-16-18-37(19-17-30)22-26-10-15-32(42-3)31(39)20-26)23-25-6-11-28(12-7-25)33(40)36-21-24-8-13-29(35)14-9-24/h6-15,20,27,30,39H,4-5,16-19,21-23H2,1-3H3,(H,36,40). The number of aromatic hydroxyl groups is 1. The van der Waals surface area contributed by atoms with E-state index in [1.165, 1.54) is 0 Å². The van der Waals surface area contributed by atoms with Crippen molar-refractivity contribution in [3.05, 3.63) is 93.5 Å². The second-order valence-corrected chi connectivity index (χ2v) is 11.9. The number of methoxy groups -OCH3 is 1. The molecule has 1 saturated heterocycles. The molecule has 1 heterocycles. The van der Waals surface area contributed by atoms with Gasteiger partial charge in [-0.2, -0.15) is 0 Å². The Morgan fingerprint density at radius 2 is 1.60 bits per heavy atom. The fraction of sp³-hybridized carbons (Fsp3) is 0.412. The van der Waals surface area contributed by atoms with Crippen LogP contribution in [0.1, 0.15) is 66.6 Å². The number of amides is 2. The van der Waals surface area contributed by atoms with Gasteiger partial charge >= 0.3 is 0 Å². The first-order valence-corrected chi connectivity index (χ1v) is 15.6. The quantitative estimate of drug-likeness (QED) is 0.237. The van der Waals surface area contributed by atoms with Gasteiger partial charge in [-0.05, 0) is 78.8 Å². The van der Waals surface area contributed by atoms with Crippen molar-refractivity contribution in [2.24, 2.45) is 5.92 Å². The third-order valence-corrected chi connectivity index (χ3v) is 8.73. The molecule has 3 aromatic carbocycles. The van der Waals surface area contributed by atoms with E-state index in [2.05, 4.69) is 44.9 Å². The maximum Gasteiger partial charge on any atom is 0.251 e. The Kier molecular flexibility index (Phi) is 11.4. The summed E-state index contributed by atoms with van der Waals surface area (Å²) in [5.74, 6) is 0.734. The number of hydrogen-bond donors (Lipinski definition) is 2. The molecule has 0 bridgehead atoms. The van der Waals surface area contributed by atoms with E-state index >= 15 is 0 Å². The molecule has 7 nitrogen and oxygen atoms in total. The molecule has 0 aromatic heterocycles. The van der Waals surface area contributed by atoms with E-state index in [-0.39, 0.29) is 29.5 Å². The van der Waals surface area contributed by atoms with Gasteiger partial charge in [0.25, 0.3) is 5.91 Å². The lowest BCUT2D eigenvalue weighted by molar-refractivity contribution is -0.140. The highest BCUT2D eigenvalue weighted by Crippen LogP contribution is 2.28. The van der Waals surface area contributed by atoms with Gasteiger partial charge in [0.1, 0.15) is 0 Å². The lowest BCUT2D eigenvalue weighted by Crippen LogP contribution is -2.48. The van der Waals surface area contributed by atoms with Crippen LogP contribution in [0, 0.1) is 5.92 Å². The molecular formula is C34H42BrN3O4. The first kappa shape index (κ1) is 31.6. The molecule has 3 aromatic rings. The molecule has 8 heteroatoms. The fourth-order valence-corrected chi connectivity index (χ4v) is 5.85. The number of ether oxygens (including phenoxy) is 1. The van der Waals surface area contributed by atoms with E-state index < -0.39 is 0 Å². The van der Waals surface area contributed by atoms with Crippen molar-refractivity contribution >= 4 is 27.7 Å². The minimum atomic E-state index is -0.119. The number of halogens is 1. The Hall–Kier alpha value is -3.36. The summed E-state index contributed by atoms with van der Waals surface area (Å²) >= 11 is 3.43. The summed E-state index contributed by atoms with van der Waals surface area (Å²) in [6.07, 6.45) is 3.43. The molecule has 1 aliphatic heterocycles. The number of hydrogen-bond acceptors (Lipinski definition) is 5. The lowest BCUT2D eigenvalue weighted by atomic mass is 9.96. The Morgan fingerprint density at radius 3 is 2.19 bits per heavy atom. The monoisotopic (exact) mass is 635 g/mol. The second kappa shape index (κ2) is 15.2. The molecule has 0 aliphatic carbocycles. The van der Waals surface area contributed by atoms with E-state index in [0.717, 1.165) is 66.5 Å². The predicted molar refractivity (Wildman–Crippen MR) is 169 cm³/mol. The van der Waals surface area contributed by atoms with Gasteiger partial charge in [-0.3, -0.25) is 14.5 Å². The van der Waals surface area contributed by atoms with Crippen molar-refractivity contribution in [3.63, 3.8) is 0 Å². The molecule has 42 heavy (non-hydrogen) atoms. The summed E-state index contributed by atoms with van der Waals surface area (Å²) in [6.45, 7) is 7.66. The van der Waals surface area contributed by atoms with Crippen molar-refractivity contribution in [2.75, 3.05) is 20.2 Å². The number of phenolic OH excluding ortho intramolecular Hbond substituents is 1. The largest absolute Gasteiger partial charge is 0.504 e. The van der Waals surface area contributed by atoms with E-state index in [0.29, 0.717) is 24.4 Å². The van der Waals surface area contributed by atoms with Crippen LogP contribution in [0.3, 0.4) is 0 Å². The third-order valence-electron chi connectivity index (χ3n) is 8.20. The molecular weight excluding hydrogens is 594 g/mol. The van der Waals surface area contributed by atoms with Gasteiger partial charge in [0.2, 0.25) is 5.91 Å². The summed E-state index contributed by atoms with van der Waals surface area (Å²) in [5.41, 5.74) is 3.70. The molecule has 0 saturated carbocycles. The van der Waals surface area contributed by atoms with Crippen molar-refractivity contribution < 1.29 is 19.4 Å². The van der Waals surface area contributed by atoms with Crippen molar-refractivity contribution in [3.8, 4) is 11.5 Å². The number of rotatable bonds is 12. The maximum atomic E-state index is 13.7. The topological polar surface area (TPSA) is 82.1 Å². The van der Waals surface area contributed by atoms with Gasteiger partial charge in [0.05, 0.1) is 7.11 Å². The van der Waals surface area contributed by atoms with Gasteiger partial charge in [-0.25, -0.2) is 0 Å². The maximum absolute atomic E-state index is 13.7. The van der Waals surface area contributed by atoms with E-state index in [1.54, 1.807) is 19.2 Å². The zero-order valence-corrected chi connectivity index (χ0v) is 26.4. The average molecular weight is 637 g/mol. The van der Waals surface area contributed by atoms with Crippen LogP contribution in [-0.2, 0) is 24.4 Å². The number of benzene rings is 3. The highest BCUT2D eigenvalue weighted by molar-refractivity contribution is 9.10. The number of carbonyl (C=O) groups is 2. The van der Waals surface area contributed by atoms with Crippen LogP contribution in [0.5, 0.6) is 11.5 Å². The molecule has 2 N–H and O–H groups in total. The highest BCUT2D eigenvalue weighted by Gasteiger charge is 2.31. The summed E-state index contributed by atoms with van der Waals surface area (Å²) in [7, 11) is 1.55. The fourth-order valence-electron chi connectivity index (χ4n) is 5.59. The van der Waals surface area contributed by atoms with Crippen LogP contribution >= 0.6 is 15.9 Å². The number of phenols is 1.